The van der Waals surface area contributed by atoms with Crippen molar-refractivity contribution in [2.75, 3.05) is 0 Å². The Bertz CT molecular complexity index is 464. The summed E-state index contributed by atoms with van der Waals surface area (Å²) in [5.41, 5.74) is 4.34. The topological polar surface area (TPSA) is 12.9 Å². The van der Waals surface area contributed by atoms with Crippen LogP contribution >= 0.6 is 0 Å². The van der Waals surface area contributed by atoms with Gasteiger partial charge in [0.2, 0.25) is 0 Å². The van der Waals surface area contributed by atoms with Crippen molar-refractivity contribution in [3.8, 4) is 0 Å². The molecule has 0 spiro atoms. The molecule has 1 heterocycles. The lowest BCUT2D eigenvalue weighted by Crippen LogP contribution is -2.17. The molecule has 0 bridgehead atoms. The van der Waals surface area contributed by atoms with Crippen LogP contribution in [0.2, 0.25) is 0 Å². The Balaban J connectivity index is 1.81. The van der Waals surface area contributed by atoms with Gasteiger partial charge in [-0.05, 0) is 56.6 Å². The normalized spacial score (nSPS) is 24.0. The first-order valence-corrected chi connectivity index (χ1v) is 8.57. The van der Waals surface area contributed by atoms with Gasteiger partial charge in [-0.1, -0.05) is 36.5 Å². The zero-order valence-corrected chi connectivity index (χ0v) is 12.9. The number of halogens is 1. The fourth-order valence-electron chi connectivity index (χ4n) is 3.96. The highest BCUT2D eigenvalue weighted by atomic mass is 19.1. The van der Waals surface area contributed by atoms with E-state index in [4.69, 9.17) is 0 Å². The van der Waals surface area contributed by atoms with E-state index in [1.165, 1.54) is 37.8 Å². The number of allylic oxidation sites excluding steroid dienone is 2. The molecular formula is C19H26FN. The number of rotatable bonds is 3. The molecule has 1 aromatic rings. The fourth-order valence-corrected chi connectivity index (χ4v) is 3.96. The van der Waals surface area contributed by atoms with Gasteiger partial charge < -0.3 is 0 Å². The van der Waals surface area contributed by atoms with E-state index in [9.17, 15) is 4.39 Å². The Morgan fingerprint density at radius 1 is 1.05 bits per heavy atom. The van der Waals surface area contributed by atoms with E-state index in [-0.39, 0.29) is 0 Å². The van der Waals surface area contributed by atoms with Crippen LogP contribution in [-0.4, -0.2) is 11.2 Å². The molecule has 0 unspecified atom stereocenters. The number of hydrogen-bond acceptors (Lipinski definition) is 1. The number of hydrogen-bond donors (Lipinski definition) is 0. The summed E-state index contributed by atoms with van der Waals surface area (Å²) in [6.07, 6.45) is 12.4. The van der Waals surface area contributed by atoms with Crippen LogP contribution in [0.15, 0.2) is 35.5 Å². The van der Waals surface area contributed by atoms with Crippen LogP contribution < -0.4 is 0 Å². The lowest BCUT2D eigenvalue weighted by Gasteiger charge is -2.30. The first kappa shape index (κ1) is 14.7. The zero-order valence-electron chi connectivity index (χ0n) is 12.9. The maximum absolute atomic E-state index is 13.5. The highest BCUT2D eigenvalue weighted by molar-refractivity contribution is 5.25. The summed E-state index contributed by atoms with van der Waals surface area (Å²) < 4.78 is 13.5. The predicted molar refractivity (Wildman–Crippen MR) is 84.9 cm³/mol. The van der Waals surface area contributed by atoms with Crippen LogP contribution in [0.5, 0.6) is 0 Å². The van der Waals surface area contributed by atoms with Crippen molar-refractivity contribution < 1.29 is 4.39 Å². The second-order valence-electron chi connectivity index (χ2n) is 6.64. The van der Waals surface area contributed by atoms with Crippen molar-refractivity contribution >= 4 is 0 Å². The molecule has 0 aliphatic heterocycles. The van der Waals surface area contributed by atoms with E-state index < -0.39 is 6.17 Å². The van der Waals surface area contributed by atoms with Gasteiger partial charge in [0.05, 0.1) is 0 Å². The summed E-state index contributed by atoms with van der Waals surface area (Å²) in [5, 5.41) is 0. The maximum atomic E-state index is 13.5. The number of nitrogens with zero attached hydrogens (tertiary/aromatic N) is 1. The standard InChI is InChI=1S/C19H26FN/c20-17-11-9-16(10-12-17)19(15-6-2-1-3-7-15)14-18-8-4-5-13-21-18/h4-5,8,13,15,17H,1-3,6-7,9-12,14H2. The second kappa shape index (κ2) is 7.20. The molecule has 0 radical (unpaired) electrons. The Labute approximate surface area is 127 Å². The molecule has 2 aliphatic carbocycles. The van der Waals surface area contributed by atoms with Crippen molar-refractivity contribution in [3.63, 3.8) is 0 Å². The fraction of sp³-hybridized carbons (Fsp3) is 0.632. The van der Waals surface area contributed by atoms with E-state index in [0.717, 1.165) is 38.0 Å². The highest BCUT2D eigenvalue weighted by Gasteiger charge is 2.24. The quantitative estimate of drug-likeness (QED) is 0.677. The maximum Gasteiger partial charge on any atom is 0.101 e. The predicted octanol–water partition coefficient (Wildman–Crippen LogP) is 5.41. The molecule has 0 aromatic carbocycles. The number of alkyl halides is 1. The third-order valence-corrected chi connectivity index (χ3v) is 5.17. The van der Waals surface area contributed by atoms with Crippen molar-refractivity contribution in [1.29, 1.82) is 0 Å². The highest BCUT2D eigenvalue weighted by Crippen LogP contribution is 2.37. The first-order chi connectivity index (χ1) is 10.3. The minimum Gasteiger partial charge on any atom is -0.261 e. The minimum atomic E-state index is -0.573. The lowest BCUT2D eigenvalue weighted by molar-refractivity contribution is 0.273. The smallest absolute Gasteiger partial charge is 0.101 e. The molecule has 0 atom stereocenters. The Morgan fingerprint density at radius 2 is 1.81 bits per heavy atom. The van der Waals surface area contributed by atoms with Crippen molar-refractivity contribution in [3.05, 3.63) is 41.2 Å². The zero-order chi connectivity index (χ0) is 14.5. The summed E-state index contributed by atoms with van der Waals surface area (Å²) in [6.45, 7) is 0. The molecule has 1 nitrogen and oxygen atoms in total. The van der Waals surface area contributed by atoms with E-state index >= 15 is 0 Å². The van der Waals surface area contributed by atoms with Gasteiger partial charge >= 0.3 is 0 Å². The molecule has 1 aromatic heterocycles. The Morgan fingerprint density at radius 3 is 2.48 bits per heavy atom. The van der Waals surface area contributed by atoms with E-state index in [2.05, 4.69) is 17.1 Å². The number of aromatic nitrogens is 1. The van der Waals surface area contributed by atoms with Crippen LogP contribution in [0.4, 0.5) is 4.39 Å². The minimum absolute atomic E-state index is 0.573. The molecule has 2 aliphatic rings. The lowest BCUT2D eigenvalue weighted by atomic mass is 9.77. The molecular weight excluding hydrogens is 261 g/mol. The van der Waals surface area contributed by atoms with Crippen LogP contribution in [0.25, 0.3) is 0 Å². The van der Waals surface area contributed by atoms with Crippen molar-refractivity contribution in [1.82, 2.24) is 4.98 Å². The molecule has 114 valence electrons. The van der Waals surface area contributed by atoms with Crippen molar-refractivity contribution in [2.45, 2.75) is 70.4 Å². The van der Waals surface area contributed by atoms with E-state index in [0.29, 0.717) is 0 Å². The summed E-state index contributed by atoms with van der Waals surface area (Å²) in [7, 11) is 0. The van der Waals surface area contributed by atoms with Gasteiger partial charge in [-0.2, -0.15) is 0 Å². The molecule has 2 fully saturated rings. The Hall–Kier alpha value is -1.18. The number of pyridine rings is 1. The summed E-state index contributed by atoms with van der Waals surface area (Å²) >= 11 is 0. The molecule has 2 heteroatoms. The van der Waals surface area contributed by atoms with Crippen LogP contribution in [0.1, 0.15) is 63.5 Å². The van der Waals surface area contributed by atoms with Crippen LogP contribution in [0, 0.1) is 5.92 Å². The van der Waals surface area contributed by atoms with Gasteiger partial charge in [0.25, 0.3) is 0 Å². The Kier molecular flexibility index (Phi) is 5.05. The SMILES string of the molecule is FC1CCC(=C(Cc2ccccn2)C2CCCCC2)CC1. The van der Waals surface area contributed by atoms with E-state index in [1.807, 2.05) is 12.3 Å². The average Bonchev–Trinajstić information content (AvgIpc) is 2.55. The van der Waals surface area contributed by atoms with E-state index in [1.54, 1.807) is 11.1 Å². The summed E-state index contributed by atoms with van der Waals surface area (Å²) in [5.74, 6) is 0.729. The van der Waals surface area contributed by atoms with Gasteiger partial charge in [-0.3, -0.25) is 4.98 Å². The monoisotopic (exact) mass is 287 g/mol. The van der Waals surface area contributed by atoms with Gasteiger partial charge in [-0.25, -0.2) is 4.39 Å². The largest absolute Gasteiger partial charge is 0.261 e. The summed E-state index contributed by atoms with van der Waals surface area (Å²) in [6, 6.07) is 6.18. The van der Waals surface area contributed by atoms with Crippen LogP contribution in [0.3, 0.4) is 0 Å². The second-order valence-corrected chi connectivity index (χ2v) is 6.64. The van der Waals surface area contributed by atoms with Gasteiger partial charge in [-0.15, -0.1) is 0 Å². The molecule has 2 saturated carbocycles. The molecule has 0 amide bonds. The molecule has 3 rings (SSSR count). The first-order valence-electron chi connectivity index (χ1n) is 8.57. The average molecular weight is 287 g/mol. The molecule has 0 saturated heterocycles. The van der Waals surface area contributed by atoms with Gasteiger partial charge in [0.15, 0.2) is 0 Å². The van der Waals surface area contributed by atoms with Gasteiger partial charge in [0, 0.05) is 18.3 Å². The molecule has 0 N–H and O–H groups in total. The van der Waals surface area contributed by atoms with Crippen LogP contribution in [-0.2, 0) is 6.42 Å². The van der Waals surface area contributed by atoms with Gasteiger partial charge in [0.1, 0.15) is 6.17 Å². The third-order valence-electron chi connectivity index (χ3n) is 5.17. The van der Waals surface area contributed by atoms with Crippen molar-refractivity contribution in [2.24, 2.45) is 5.92 Å². The molecule has 21 heavy (non-hydrogen) atoms. The summed E-state index contributed by atoms with van der Waals surface area (Å²) in [4.78, 5) is 4.51. The third kappa shape index (κ3) is 3.93.